The molecule has 0 saturated heterocycles. The highest BCUT2D eigenvalue weighted by atomic mass is 35.8. The fraction of sp³-hybridized carbons (Fsp3) is 1.00. The van der Waals surface area contributed by atoms with E-state index in [2.05, 4.69) is 33.2 Å². The van der Waals surface area contributed by atoms with Gasteiger partial charge >= 0.3 is 88.8 Å². The molecule has 0 bridgehead atoms. The summed E-state index contributed by atoms with van der Waals surface area (Å²) in [6, 6.07) is -7.67. The minimum absolute atomic E-state index is 4.11. The summed E-state index contributed by atoms with van der Waals surface area (Å²) in [7, 11) is 0. The molecule has 47 heavy (non-hydrogen) atoms. The van der Waals surface area contributed by atoms with Gasteiger partial charge in [0.2, 0.25) is 0 Å². The van der Waals surface area contributed by atoms with Crippen molar-refractivity contribution in [2.75, 3.05) is 0 Å². The lowest BCUT2D eigenvalue weighted by Gasteiger charge is -2.47. The Morgan fingerprint density at radius 1 is 0.213 bits per heavy atom. The topological polar surface area (TPSA) is 0 Å². The summed E-state index contributed by atoms with van der Waals surface area (Å²) < 4.78 is 387. The van der Waals surface area contributed by atoms with E-state index >= 15 is 0 Å². The Bertz CT molecular complexity index is 1140. The third-order valence-corrected chi connectivity index (χ3v) is 9.24. The molecule has 0 aromatic carbocycles. The fourth-order valence-corrected chi connectivity index (χ4v) is 5.55. The van der Waals surface area contributed by atoms with Crippen molar-refractivity contribution in [3.05, 3.63) is 0 Å². The quantitative estimate of drug-likeness (QED) is 0.104. The molecule has 284 valence electrons. The molecule has 0 aliphatic heterocycles. The van der Waals surface area contributed by atoms with E-state index in [1.807, 2.05) is 0 Å². The Hall–Kier alpha value is -0.943. The second kappa shape index (κ2) is 11.0. The largest absolute Gasteiger partial charge is 0.460 e. The Morgan fingerprint density at radius 3 is 0.489 bits per heavy atom. The summed E-state index contributed by atoms with van der Waals surface area (Å²) in [5, 5.41) is -7.94. The molecule has 0 rings (SSSR count). The van der Waals surface area contributed by atoms with E-state index in [1.54, 1.807) is 0 Å². The van der Waals surface area contributed by atoms with Gasteiger partial charge in [-0.05, 0) is 0 Å². The number of hydrogen-bond acceptors (Lipinski definition) is 0. The third kappa shape index (κ3) is 5.34. The van der Waals surface area contributed by atoms with Gasteiger partial charge in [-0.2, -0.15) is 123 Å². The van der Waals surface area contributed by atoms with Gasteiger partial charge in [-0.25, -0.2) is 4.39 Å². The van der Waals surface area contributed by atoms with Crippen molar-refractivity contribution in [1.29, 1.82) is 0 Å². The van der Waals surface area contributed by atoms with Crippen LogP contribution >= 0.6 is 33.2 Å². The van der Waals surface area contributed by atoms with Gasteiger partial charge in [-0.3, -0.25) is 0 Å². The third-order valence-electron chi connectivity index (χ3n) is 5.51. The lowest BCUT2D eigenvalue weighted by molar-refractivity contribution is -0.484. The van der Waals surface area contributed by atoms with Crippen molar-refractivity contribution in [1.82, 2.24) is 0 Å². The van der Waals surface area contributed by atoms with Crippen molar-refractivity contribution in [3.63, 3.8) is 0 Å². The number of alkyl halides is 29. The Kier molecular flexibility index (Phi) is 10.8. The number of hydrogen-bond donors (Lipinski definition) is 0. The molecule has 0 fully saturated rings. The van der Waals surface area contributed by atoms with Crippen molar-refractivity contribution < 1.29 is 127 Å². The molecular formula is C14Cl3F29Si. The summed E-state index contributed by atoms with van der Waals surface area (Å²) in [6.07, 6.45) is -16.3. The van der Waals surface area contributed by atoms with E-state index in [0.717, 1.165) is 0 Å². The molecule has 0 N–H and O–H groups in total. The first-order chi connectivity index (χ1) is 19.5. The minimum atomic E-state index is -9.96. The van der Waals surface area contributed by atoms with Crippen LogP contribution in [0.2, 0.25) is 0 Å². The van der Waals surface area contributed by atoms with Crippen molar-refractivity contribution >= 4 is 39.2 Å². The van der Waals surface area contributed by atoms with Crippen LogP contribution in [-0.4, -0.2) is 88.8 Å². The van der Waals surface area contributed by atoms with Crippen LogP contribution < -0.4 is 0 Å². The molecule has 0 amide bonds. The normalized spacial score (nSPS) is 18.4. The maximum absolute atomic E-state index is 14.2. The lowest BCUT2D eigenvalue weighted by atomic mass is 9.84. The maximum atomic E-state index is 14.2. The van der Waals surface area contributed by atoms with E-state index in [-0.39, 0.29) is 0 Å². The Balaban J connectivity index is 7.72. The smallest absolute Gasteiger partial charge is 0.226 e. The molecule has 0 nitrogen and oxygen atoms in total. The summed E-state index contributed by atoms with van der Waals surface area (Å²) in [6.45, 7) is 0. The zero-order valence-electron chi connectivity index (χ0n) is 19.6. The highest BCUT2D eigenvalue weighted by molar-refractivity contribution is 7.65. The van der Waals surface area contributed by atoms with Crippen molar-refractivity contribution in [3.8, 4) is 0 Å². The molecule has 0 spiro atoms. The van der Waals surface area contributed by atoms with Crippen molar-refractivity contribution in [2.45, 2.75) is 82.8 Å². The van der Waals surface area contributed by atoms with Crippen LogP contribution in [0.1, 0.15) is 0 Å². The highest BCUT2D eigenvalue weighted by Gasteiger charge is 3.01. The molecule has 0 saturated carbocycles. The van der Waals surface area contributed by atoms with Gasteiger partial charge < -0.3 is 0 Å². The first-order valence-corrected chi connectivity index (χ1v) is 14.6. The average Bonchev–Trinajstić information content (AvgIpc) is 2.79. The van der Waals surface area contributed by atoms with Gasteiger partial charge in [0.15, 0.2) is 0 Å². The van der Waals surface area contributed by atoms with Crippen molar-refractivity contribution in [2.24, 2.45) is 0 Å². The minimum Gasteiger partial charge on any atom is -0.226 e. The molecule has 33 heteroatoms. The van der Waals surface area contributed by atoms with Crippen LogP contribution in [-0.2, 0) is 0 Å². The summed E-state index contributed by atoms with van der Waals surface area (Å²) in [5.41, 5.74) is 0. The first-order valence-electron chi connectivity index (χ1n) is 9.55. The van der Waals surface area contributed by atoms with Crippen LogP contribution in [0.4, 0.5) is 127 Å². The SMILES string of the molecule is FC(F)(F)C(F)(F)C(F)(F)C(F)(F)C(F)(F)C(F)(F)C(F)(F)C(F)(F)C(F)(F)C(F)(F)C(F)(F)C(F)(F)C(F)(C(F)(F)F)[Si](Cl)(Cl)Cl. The van der Waals surface area contributed by atoms with E-state index in [0.29, 0.717) is 0 Å². The van der Waals surface area contributed by atoms with E-state index < -0.39 is 88.8 Å². The van der Waals surface area contributed by atoms with Crippen LogP contribution in [0.25, 0.3) is 0 Å². The second-order valence-corrected chi connectivity index (χ2v) is 17.0. The molecule has 1 unspecified atom stereocenters. The molecule has 0 radical (unpaired) electrons. The Morgan fingerprint density at radius 2 is 0.362 bits per heavy atom. The van der Waals surface area contributed by atoms with Gasteiger partial charge in [0.25, 0.3) is 0 Å². The Labute approximate surface area is 250 Å². The molecule has 0 aromatic rings. The van der Waals surface area contributed by atoms with E-state index in [4.69, 9.17) is 0 Å². The first kappa shape index (κ1) is 46.1. The summed E-state index contributed by atoms with van der Waals surface area (Å²) in [5.74, 6) is -105. The highest BCUT2D eigenvalue weighted by Crippen LogP contribution is 2.69. The average molecular weight is 854 g/mol. The molecule has 1 atom stereocenters. The molecule has 0 heterocycles. The molecule has 0 aliphatic carbocycles. The molecule has 0 aromatic heterocycles. The predicted molar refractivity (Wildman–Crippen MR) is 93.7 cm³/mol. The molecule has 0 aliphatic rings. The maximum Gasteiger partial charge on any atom is 0.460 e. The zero-order chi connectivity index (χ0) is 39.5. The van der Waals surface area contributed by atoms with Gasteiger partial charge in [0, 0.05) is 0 Å². The molecular weight excluding hydrogens is 854 g/mol. The van der Waals surface area contributed by atoms with Crippen LogP contribution in [0, 0.1) is 0 Å². The number of rotatable bonds is 12. The van der Waals surface area contributed by atoms with E-state index in [9.17, 15) is 127 Å². The second-order valence-electron chi connectivity index (χ2n) is 8.47. The monoisotopic (exact) mass is 852 g/mol. The number of halogens is 32. The summed E-state index contributed by atoms with van der Waals surface area (Å²) >= 11 is 12.3. The van der Waals surface area contributed by atoms with E-state index in [1.165, 1.54) is 0 Å². The predicted octanol–water partition coefficient (Wildman–Crippen LogP) is 11.0. The lowest BCUT2D eigenvalue weighted by Crippen LogP contribution is -2.80. The van der Waals surface area contributed by atoms with Crippen LogP contribution in [0.3, 0.4) is 0 Å². The standard InChI is InChI=1S/C14Cl3F29Si/c15-47(16,17)12(40,14(44,45)46)10(36,37)8(32,33)6(28,29)4(24,25)2(20,21)1(18,19)3(22,23)5(26,27)7(30,31)9(34,35)11(38,39)13(41,42)43. The van der Waals surface area contributed by atoms with Crippen LogP contribution in [0.5, 0.6) is 0 Å². The van der Waals surface area contributed by atoms with Gasteiger partial charge in [-0.15, -0.1) is 33.2 Å². The fourth-order valence-electron chi connectivity index (χ4n) is 2.69. The van der Waals surface area contributed by atoms with Gasteiger partial charge in [-0.1, -0.05) is 0 Å². The van der Waals surface area contributed by atoms with Gasteiger partial charge in [0.05, 0.1) is 0 Å². The van der Waals surface area contributed by atoms with Crippen LogP contribution in [0.15, 0.2) is 0 Å². The summed E-state index contributed by atoms with van der Waals surface area (Å²) in [4.78, 5) is 0. The van der Waals surface area contributed by atoms with Gasteiger partial charge in [0.1, 0.15) is 0 Å². The zero-order valence-corrected chi connectivity index (χ0v) is 22.9.